The van der Waals surface area contributed by atoms with E-state index in [9.17, 15) is 0 Å². The topological polar surface area (TPSA) is 28.2 Å². The summed E-state index contributed by atoms with van der Waals surface area (Å²) in [6.45, 7) is 7.50. The smallest absolute Gasteiger partial charge is 0.129 e. The number of piperazine rings is 1. The Balaban J connectivity index is 0.00000112. The molecule has 0 saturated carbocycles. The minimum Gasteiger partial charge on any atom is -0.351 e. The first-order chi connectivity index (χ1) is 6.77. The maximum absolute atomic E-state index is 4.41. The maximum atomic E-state index is 4.41. The molecule has 4 heteroatoms. The van der Waals surface area contributed by atoms with Gasteiger partial charge in [-0.1, -0.05) is 0 Å². The number of anilines is 1. The van der Waals surface area contributed by atoms with Gasteiger partial charge in [0.2, 0.25) is 0 Å². The molecule has 1 aromatic heterocycles. The van der Waals surface area contributed by atoms with E-state index in [2.05, 4.69) is 35.1 Å². The standard InChI is InChI=1S/C11H17N3.ClH/c1-9-3-4-13-11(7-9)14-6-5-12-8-10(14)2;/h3-4,7,10,12H,5-6,8H2,1-2H3;1H. The van der Waals surface area contributed by atoms with Crippen LogP contribution < -0.4 is 10.2 Å². The Morgan fingerprint density at radius 2 is 2.33 bits per heavy atom. The number of rotatable bonds is 1. The zero-order chi connectivity index (χ0) is 9.97. The Labute approximate surface area is 97.3 Å². The van der Waals surface area contributed by atoms with Crippen molar-refractivity contribution in [3.05, 3.63) is 23.9 Å². The SMILES string of the molecule is Cc1ccnc(N2CCNCC2C)c1.Cl. The third-order valence-electron chi connectivity index (χ3n) is 2.70. The van der Waals surface area contributed by atoms with Crippen molar-refractivity contribution in [2.75, 3.05) is 24.5 Å². The fraction of sp³-hybridized carbons (Fsp3) is 0.545. The summed E-state index contributed by atoms with van der Waals surface area (Å²) in [5.74, 6) is 1.11. The Bertz CT molecular complexity index is 316. The second-order valence-corrected chi connectivity index (χ2v) is 3.94. The second kappa shape index (κ2) is 5.33. The highest BCUT2D eigenvalue weighted by Gasteiger charge is 2.18. The lowest BCUT2D eigenvalue weighted by Gasteiger charge is -2.35. The lowest BCUT2D eigenvalue weighted by molar-refractivity contribution is 0.497. The molecule has 1 atom stereocenters. The number of aryl methyl sites for hydroxylation is 1. The summed E-state index contributed by atoms with van der Waals surface area (Å²) in [6.07, 6.45) is 1.89. The summed E-state index contributed by atoms with van der Waals surface area (Å²) in [5, 5.41) is 3.38. The molecule has 0 spiro atoms. The zero-order valence-corrected chi connectivity index (χ0v) is 10.0. The van der Waals surface area contributed by atoms with E-state index in [1.54, 1.807) is 0 Å². The monoisotopic (exact) mass is 227 g/mol. The van der Waals surface area contributed by atoms with Crippen LogP contribution in [0.2, 0.25) is 0 Å². The molecular formula is C11H18ClN3. The first-order valence-electron chi connectivity index (χ1n) is 5.17. The van der Waals surface area contributed by atoms with Crippen LogP contribution in [0.15, 0.2) is 18.3 Å². The number of aromatic nitrogens is 1. The van der Waals surface area contributed by atoms with Crippen LogP contribution in [0.1, 0.15) is 12.5 Å². The van der Waals surface area contributed by atoms with E-state index in [-0.39, 0.29) is 12.4 Å². The van der Waals surface area contributed by atoms with Crippen LogP contribution in [-0.4, -0.2) is 30.7 Å². The molecule has 2 heterocycles. The Kier molecular flexibility index (Phi) is 4.36. The van der Waals surface area contributed by atoms with Crippen LogP contribution >= 0.6 is 12.4 Å². The molecule has 1 unspecified atom stereocenters. The van der Waals surface area contributed by atoms with Crippen LogP contribution in [0.4, 0.5) is 5.82 Å². The molecule has 1 aliphatic heterocycles. The van der Waals surface area contributed by atoms with Gasteiger partial charge in [-0.05, 0) is 31.5 Å². The summed E-state index contributed by atoms with van der Waals surface area (Å²) in [7, 11) is 0. The van der Waals surface area contributed by atoms with Crippen molar-refractivity contribution in [2.45, 2.75) is 19.9 Å². The molecule has 0 aliphatic carbocycles. The van der Waals surface area contributed by atoms with Crippen molar-refractivity contribution >= 4 is 18.2 Å². The molecule has 0 aromatic carbocycles. The summed E-state index contributed by atoms with van der Waals surface area (Å²) < 4.78 is 0. The van der Waals surface area contributed by atoms with Crippen LogP contribution in [0, 0.1) is 6.92 Å². The third-order valence-corrected chi connectivity index (χ3v) is 2.70. The molecule has 15 heavy (non-hydrogen) atoms. The van der Waals surface area contributed by atoms with E-state index in [1.807, 2.05) is 12.3 Å². The first kappa shape index (κ1) is 12.3. The highest BCUT2D eigenvalue weighted by atomic mass is 35.5. The summed E-state index contributed by atoms with van der Waals surface area (Å²) >= 11 is 0. The number of pyridine rings is 1. The molecule has 0 radical (unpaired) electrons. The Morgan fingerprint density at radius 3 is 3.00 bits per heavy atom. The average Bonchev–Trinajstić information content (AvgIpc) is 2.18. The number of hydrogen-bond donors (Lipinski definition) is 1. The van der Waals surface area contributed by atoms with Gasteiger partial charge >= 0.3 is 0 Å². The molecule has 0 amide bonds. The highest BCUT2D eigenvalue weighted by Crippen LogP contribution is 2.15. The van der Waals surface area contributed by atoms with Crippen LogP contribution in [0.25, 0.3) is 0 Å². The van der Waals surface area contributed by atoms with Gasteiger partial charge in [0.15, 0.2) is 0 Å². The van der Waals surface area contributed by atoms with E-state index < -0.39 is 0 Å². The molecule has 1 fully saturated rings. The van der Waals surface area contributed by atoms with Crippen LogP contribution in [0.3, 0.4) is 0 Å². The zero-order valence-electron chi connectivity index (χ0n) is 9.23. The molecule has 1 aromatic rings. The number of hydrogen-bond acceptors (Lipinski definition) is 3. The molecule has 0 bridgehead atoms. The van der Waals surface area contributed by atoms with Gasteiger partial charge in [0, 0.05) is 31.9 Å². The van der Waals surface area contributed by atoms with Crippen LogP contribution in [0.5, 0.6) is 0 Å². The van der Waals surface area contributed by atoms with Gasteiger partial charge in [-0.15, -0.1) is 12.4 Å². The van der Waals surface area contributed by atoms with Crippen molar-refractivity contribution in [1.29, 1.82) is 0 Å². The maximum Gasteiger partial charge on any atom is 0.129 e. The second-order valence-electron chi connectivity index (χ2n) is 3.94. The fourth-order valence-electron chi connectivity index (χ4n) is 1.86. The van der Waals surface area contributed by atoms with Crippen LogP contribution in [-0.2, 0) is 0 Å². The van der Waals surface area contributed by atoms with Gasteiger partial charge in [0.25, 0.3) is 0 Å². The molecule has 1 aliphatic rings. The predicted molar refractivity (Wildman–Crippen MR) is 65.9 cm³/mol. The quantitative estimate of drug-likeness (QED) is 0.790. The Hall–Kier alpha value is -0.800. The van der Waals surface area contributed by atoms with Gasteiger partial charge in [-0.3, -0.25) is 0 Å². The number of nitrogens with zero attached hydrogens (tertiary/aromatic N) is 2. The van der Waals surface area contributed by atoms with Crippen molar-refractivity contribution in [2.24, 2.45) is 0 Å². The largest absolute Gasteiger partial charge is 0.351 e. The predicted octanol–water partition coefficient (Wildman–Crippen LogP) is 1.61. The average molecular weight is 228 g/mol. The van der Waals surface area contributed by atoms with Gasteiger partial charge in [0.05, 0.1) is 0 Å². The summed E-state index contributed by atoms with van der Waals surface area (Å²) in [6, 6.07) is 4.73. The van der Waals surface area contributed by atoms with E-state index >= 15 is 0 Å². The number of halogens is 1. The van der Waals surface area contributed by atoms with E-state index in [0.717, 1.165) is 25.5 Å². The molecule has 84 valence electrons. The fourth-order valence-corrected chi connectivity index (χ4v) is 1.86. The molecular weight excluding hydrogens is 210 g/mol. The number of nitrogens with one attached hydrogen (secondary N) is 1. The van der Waals surface area contributed by atoms with Gasteiger partial charge in [-0.25, -0.2) is 4.98 Å². The molecule has 1 N–H and O–H groups in total. The molecule has 3 nitrogen and oxygen atoms in total. The molecule has 1 saturated heterocycles. The van der Waals surface area contributed by atoms with Crippen molar-refractivity contribution < 1.29 is 0 Å². The summed E-state index contributed by atoms with van der Waals surface area (Å²) in [5.41, 5.74) is 1.28. The minimum atomic E-state index is 0. The first-order valence-corrected chi connectivity index (χ1v) is 5.17. The van der Waals surface area contributed by atoms with Crippen molar-refractivity contribution in [3.63, 3.8) is 0 Å². The highest BCUT2D eigenvalue weighted by molar-refractivity contribution is 5.85. The van der Waals surface area contributed by atoms with E-state index in [4.69, 9.17) is 0 Å². The normalized spacial score (nSPS) is 20.9. The third kappa shape index (κ3) is 2.83. The van der Waals surface area contributed by atoms with E-state index in [0.29, 0.717) is 6.04 Å². The van der Waals surface area contributed by atoms with Gasteiger partial charge < -0.3 is 10.2 Å². The lowest BCUT2D eigenvalue weighted by atomic mass is 10.2. The van der Waals surface area contributed by atoms with Gasteiger partial charge in [-0.2, -0.15) is 0 Å². The minimum absolute atomic E-state index is 0. The Morgan fingerprint density at radius 1 is 1.53 bits per heavy atom. The van der Waals surface area contributed by atoms with Crippen molar-refractivity contribution in [3.8, 4) is 0 Å². The summed E-state index contributed by atoms with van der Waals surface area (Å²) in [4.78, 5) is 6.78. The lowest BCUT2D eigenvalue weighted by Crippen LogP contribution is -2.50. The van der Waals surface area contributed by atoms with Crippen molar-refractivity contribution in [1.82, 2.24) is 10.3 Å². The van der Waals surface area contributed by atoms with E-state index in [1.165, 1.54) is 5.56 Å². The van der Waals surface area contributed by atoms with Gasteiger partial charge in [0.1, 0.15) is 5.82 Å². The molecule has 2 rings (SSSR count).